The van der Waals surface area contributed by atoms with Crippen molar-refractivity contribution in [1.29, 1.82) is 0 Å². The van der Waals surface area contributed by atoms with E-state index in [0.717, 1.165) is 26.2 Å². The third-order valence-corrected chi connectivity index (χ3v) is 3.23. The van der Waals surface area contributed by atoms with Crippen LogP contribution in [0.5, 0.6) is 0 Å². The Morgan fingerprint density at radius 3 is 2.47 bits per heavy atom. The Morgan fingerprint density at radius 1 is 1.18 bits per heavy atom. The lowest BCUT2D eigenvalue weighted by Crippen LogP contribution is -2.34. The van der Waals surface area contributed by atoms with Crippen molar-refractivity contribution in [2.24, 2.45) is 0 Å². The number of aromatic nitrogens is 3. The number of likely N-dealkylation sites (N-methyl/N-ethyl adjacent to an activating group) is 1. The van der Waals surface area contributed by atoms with Gasteiger partial charge in [0.15, 0.2) is 0 Å². The SMILES string of the molecule is CCN(CC)c1nnc2n(c1=O)CCN2CC. The first-order valence-corrected chi connectivity index (χ1v) is 6.20. The van der Waals surface area contributed by atoms with Crippen LogP contribution >= 0.6 is 0 Å². The Balaban J connectivity index is 2.44. The quantitative estimate of drug-likeness (QED) is 0.755. The zero-order valence-electron chi connectivity index (χ0n) is 10.7. The Hall–Kier alpha value is -1.59. The minimum absolute atomic E-state index is 0.0188. The number of rotatable bonds is 4. The van der Waals surface area contributed by atoms with E-state index >= 15 is 0 Å². The van der Waals surface area contributed by atoms with Gasteiger partial charge in [-0.3, -0.25) is 9.36 Å². The second-order valence-electron chi connectivity index (χ2n) is 4.03. The molecule has 0 aromatic carbocycles. The second-order valence-corrected chi connectivity index (χ2v) is 4.03. The summed E-state index contributed by atoms with van der Waals surface area (Å²) < 4.78 is 1.73. The molecule has 0 aliphatic carbocycles. The first kappa shape index (κ1) is 11.9. The molecule has 0 N–H and O–H groups in total. The molecular formula is C11H19N5O. The van der Waals surface area contributed by atoms with E-state index in [4.69, 9.17) is 0 Å². The maximum Gasteiger partial charge on any atom is 0.298 e. The molecule has 0 spiro atoms. The summed E-state index contributed by atoms with van der Waals surface area (Å²) in [4.78, 5) is 16.3. The molecule has 17 heavy (non-hydrogen) atoms. The lowest BCUT2D eigenvalue weighted by atomic mass is 10.5. The fourth-order valence-electron chi connectivity index (χ4n) is 2.18. The number of nitrogens with zero attached hydrogens (tertiary/aromatic N) is 5. The minimum Gasteiger partial charge on any atom is -0.351 e. The van der Waals surface area contributed by atoms with Crippen LogP contribution < -0.4 is 15.4 Å². The van der Waals surface area contributed by atoms with Crippen LogP contribution in [0.2, 0.25) is 0 Å². The Kier molecular flexibility index (Phi) is 3.31. The maximum atomic E-state index is 12.3. The first-order valence-electron chi connectivity index (χ1n) is 6.20. The van der Waals surface area contributed by atoms with Gasteiger partial charge < -0.3 is 9.80 Å². The van der Waals surface area contributed by atoms with E-state index in [0.29, 0.717) is 18.3 Å². The van der Waals surface area contributed by atoms with Gasteiger partial charge in [0, 0.05) is 32.7 Å². The van der Waals surface area contributed by atoms with Crippen LogP contribution in [-0.2, 0) is 6.54 Å². The van der Waals surface area contributed by atoms with Crippen LogP contribution in [0.3, 0.4) is 0 Å². The Labute approximate surface area is 101 Å². The van der Waals surface area contributed by atoms with Gasteiger partial charge in [-0.25, -0.2) is 0 Å². The standard InChI is InChI=1S/C11H19N5O/c1-4-14(5-2)9-10(17)16-8-7-15(6-3)11(16)13-12-9/h4-8H2,1-3H3. The lowest BCUT2D eigenvalue weighted by molar-refractivity contribution is 0.715. The van der Waals surface area contributed by atoms with E-state index in [1.807, 2.05) is 18.7 Å². The van der Waals surface area contributed by atoms with Crippen molar-refractivity contribution in [3.8, 4) is 0 Å². The van der Waals surface area contributed by atoms with Crippen molar-refractivity contribution >= 4 is 11.8 Å². The molecule has 0 unspecified atom stereocenters. The van der Waals surface area contributed by atoms with Gasteiger partial charge in [-0.15, -0.1) is 10.2 Å². The molecule has 6 heteroatoms. The maximum absolute atomic E-state index is 12.3. The van der Waals surface area contributed by atoms with Gasteiger partial charge >= 0.3 is 0 Å². The van der Waals surface area contributed by atoms with E-state index in [1.165, 1.54) is 0 Å². The molecule has 1 aromatic rings. The summed E-state index contributed by atoms with van der Waals surface area (Å²) in [6.07, 6.45) is 0. The predicted molar refractivity (Wildman–Crippen MR) is 67.7 cm³/mol. The lowest BCUT2D eigenvalue weighted by Gasteiger charge is -2.19. The normalized spacial score (nSPS) is 13.9. The molecule has 0 amide bonds. The number of fused-ring (bicyclic) bond motifs is 1. The van der Waals surface area contributed by atoms with E-state index in [9.17, 15) is 4.79 Å². The van der Waals surface area contributed by atoms with E-state index in [2.05, 4.69) is 22.0 Å². The molecular weight excluding hydrogens is 218 g/mol. The average Bonchev–Trinajstić information content (AvgIpc) is 2.77. The molecule has 1 aromatic heterocycles. The molecule has 0 atom stereocenters. The van der Waals surface area contributed by atoms with Crippen molar-refractivity contribution in [2.75, 3.05) is 36.0 Å². The van der Waals surface area contributed by atoms with Crippen molar-refractivity contribution < 1.29 is 0 Å². The largest absolute Gasteiger partial charge is 0.351 e. The van der Waals surface area contributed by atoms with Crippen LogP contribution in [0.15, 0.2) is 4.79 Å². The molecule has 1 aliphatic rings. The molecule has 2 heterocycles. The van der Waals surface area contributed by atoms with Crippen molar-refractivity contribution in [2.45, 2.75) is 27.3 Å². The summed E-state index contributed by atoms with van der Waals surface area (Å²) in [6.45, 7) is 10.1. The second kappa shape index (κ2) is 4.73. The summed E-state index contributed by atoms with van der Waals surface area (Å²) in [5.74, 6) is 1.17. The molecule has 1 aliphatic heterocycles. The monoisotopic (exact) mass is 237 g/mol. The number of anilines is 2. The summed E-state index contributed by atoms with van der Waals surface area (Å²) in [7, 11) is 0. The van der Waals surface area contributed by atoms with Crippen molar-refractivity contribution in [1.82, 2.24) is 14.8 Å². The van der Waals surface area contributed by atoms with E-state index in [-0.39, 0.29) is 5.56 Å². The average molecular weight is 237 g/mol. The Morgan fingerprint density at radius 2 is 1.88 bits per heavy atom. The minimum atomic E-state index is -0.0188. The van der Waals surface area contributed by atoms with Gasteiger partial charge in [-0.05, 0) is 20.8 Å². The molecule has 0 saturated heterocycles. The molecule has 0 radical (unpaired) electrons. The van der Waals surface area contributed by atoms with Crippen LogP contribution in [0.25, 0.3) is 0 Å². The molecule has 2 rings (SSSR count). The van der Waals surface area contributed by atoms with Crippen LogP contribution in [0, 0.1) is 0 Å². The number of hydrogen-bond donors (Lipinski definition) is 0. The highest BCUT2D eigenvalue weighted by atomic mass is 16.1. The summed E-state index contributed by atoms with van der Waals surface area (Å²) in [5.41, 5.74) is -0.0188. The van der Waals surface area contributed by atoms with Gasteiger partial charge in [-0.2, -0.15) is 0 Å². The van der Waals surface area contributed by atoms with E-state index < -0.39 is 0 Å². The smallest absolute Gasteiger partial charge is 0.298 e. The van der Waals surface area contributed by atoms with Crippen molar-refractivity contribution in [3.63, 3.8) is 0 Å². The summed E-state index contributed by atoms with van der Waals surface area (Å²) >= 11 is 0. The summed E-state index contributed by atoms with van der Waals surface area (Å²) in [6, 6.07) is 0. The zero-order chi connectivity index (χ0) is 12.4. The molecule has 94 valence electrons. The van der Waals surface area contributed by atoms with Gasteiger partial charge in [0.2, 0.25) is 11.8 Å². The third kappa shape index (κ3) is 1.87. The van der Waals surface area contributed by atoms with Gasteiger partial charge in [0.05, 0.1) is 0 Å². The Bertz CT molecular complexity index is 452. The van der Waals surface area contributed by atoms with Gasteiger partial charge in [0.25, 0.3) is 5.56 Å². The predicted octanol–water partition coefficient (Wildman–Crippen LogP) is 0.324. The first-order chi connectivity index (χ1) is 8.22. The van der Waals surface area contributed by atoms with Gasteiger partial charge in [0.1, 0.15) is 0 Å². The van der Waals surface area contributed by atoms with Crippen molar-refractivity contribution in [3.05, 3.63) is 10.4 Å². The molecule has 0 fully saturated rings. The fraction of sp³-hybridized carbons (Fsp3) is 0.727. The zero-order valence-corrected chi connectivity index (χ0v) is 10.7. The highest BCUT2D eigenvalue weighted by Crippen LogP contribution is 2.16. The highest BCUT2D eigenvalue weighted by molar-refractivity contribution is 5.41. The molecule has 6 nitrogen and oxygen atoms in total. The topological polar surface area (TPSA) is 54.3 Å². The summed E-state index contributed by atoms with van der Waals surface area (Å²) in [5, 5.41) is 8.28. The van der Waals surface area contributed by atoms with Crippen LogP contribution in [-0.4, -0.2) is 40.9 Å². The van der Waals surface area contributed by atoms with E-state index in [1.54, 1.807) is 4.57 Å². The number of hydrogen-bond acceptors (Lipinski definition) is 5. The van der Waals surface area contributed by atoms with Gasteiger partial charge in [-0.1, -0.05) is 0 Å². The molecule has 0 bridgehead atoms. The fourth-order valence-corrected chi connectivity index (χ4v) is 2.18. The molecule has 0 saturated carbocycles. The van der Waals surface area contributed by atoms with Crippen LogP contribution in [0.4, 0.5) is 11.8 Å². The third-order valence-electron chi connectivity index (χ3n) is 3.23. The van der Waals surface area contributed by atoms with Crippen LogP contribution in [0.1, 0.15) is 20.8 Å². The highest BCUT2D eigenvalue weighted by Gasteiger charge is 2.23.